The Balaban J connectivity index is 1.03. The first-order valence-electron chi connectivity index (χ1n) is 25.0. The highest BCUT2D eigenvalue weighted by molar-refractivity contribution is 6.00. The lowest BCUT2D eigenvalue weighted by Crippen LogP contribution is -2.33. The molecule has 0 saturated carbocycles. The van der Waals surface area contributed by atoms with Gasteiger partial charge in [-0.15, -0.1) is 0 Å². The number of anilines is 3. The van der Waals surface area contributed by atoms with E-state index in [0.717, 1.165) is 17.8 Å². The summed E-state index contributed by atoms with van der Waals surface area (Å²) in [6, 6.07) is 76.7. The molecule has 4 aliphatic carbocycles. The highest BCUT2D eigenvalue weighted by Crippen LogP contribution is 2.64. The maximum absolute atomic E-state index is 2.57. The highest BCUT2D eigenvalue weighted by Gasteiger charge is 2.52. The van der Waals surface area contributed by atoms with E-state index in [4.69, 9.17) is 0 Å². The summed E-state index contributed by atoms with van der Waals surface area (Å²) in [6.07, 6.45) is 7.29. The van der Waals surface area contributed by atoms with Gasteiger partial charge in [-0.3, -0.25) is 0 Å². The molecule has 0 aliphatic heterocycles. The van der Waals surface area contributed by atoms with Crippen LogP contribution < -0.4 is 4.90 Å². The fourth-order valence-electron chi connectivity index (χ4n) is 13.0. The molecule has 0 fully saturated rings. The minimum atomic E-state index is -0.469. The number of hydrogen-bond acceptors (Lipinski definition) is 1. The molecule has 330 valence electrons. The zero-order valence-corrected chi connectivity index (χ0v) is 39.7. The molecule has 9 aromatic rings. The van der Waals surface area contributed by atoms with Gasteiger partial charge in [0.2, 0.25) is 0 Å². The third-order valence-electron chi connectivity index (χ3n) is 16.6. The standard InChI is InChI=1S/C67H57N/c1-65(2)39-40-66(3,4)63-41-48(35-38-61(63)65)44-33-36-50(37-34-44)68(49-19-6-5-7-20-49)64-43-62-57(42-56(64)47-31-29-46(30-32-47)52-25-16-18-45-17-8-9-21-51(45)52)55-24-12-15-28-60(55)67(62)58-26-13-10-22-53(58)54-23-11-14-27-59(54)67/h5-7,10-16,18-20,22-38,41-43H,8-9,17,21,39-40H2,1-4H3. The smallest absolute Gasteiger partial charge is 0.0726 e. The van der Waals surface area contributed by atoms with Crippen LogP contribution >= 0.6 is 0 Å². The first-order chi connectivity index (χ1) is 33.2. The Hall–Kier alpha value is -7.22. The van der Waals surface area contributed by atoms with Gasteiger partial charge in [0.25, 0.3) is 0 Å². The molecule has 1 nitrogen and oxygen atoms in total. The molecule has 68 heavy (non-hydrogen) atoms. The van der Waals surface area contributed by atoms with Crippen molar-refractivity contribution in [1.82, 2.24) is 0 Å². The van der Waals surface area contributed by atoms with Gasteiger partial charge in [0.15, 0.2) is 0 Å². The summed E-state index contributed by atoms with van der Waals surface area (Å²) < 4.78 is 0. The Kier molecular flexibility index (Phi) is 9.29. The Bertz CT molecular complexity index is 3390. The molecule has 0 unspecified atom stereocenters. The molecule has 9 aromatic carbocycles. The summed E-state index contributed by atoms with van der Waals surface area (Å²) in [7, 11) is 0. The van der Waals surface area contributed by atoms with Crippen molar-refractivity contribution in [2.75, 3.05) is 4.90 Å². The first-order valence-corrected chi connectivity index (χ1v) is 25.0. The molecule has 0 N–H and O–H groups in total. The maximum Gasteiger partial charge on any atom is 0.0726 e. The summed E-state index contributed by atoms with van der Waals surface area (Å²) >= 11 is 0. The van der Waals surface area contributed by atoms with E-state index in [0.29, 0.717) is 0 Å². The van der Waals surface area contributed by atoms with Gasteiger partial charge in [-0.05, 0) is 180 Å². The van der Waals surface area contributed by atoms with Gasteiger partial charge >= 0.3 is 0 Å². The second kappa shape index (κ2) is 15.4. The molecule has 0 atom stereocenters. The van der Waals surface area contributed by atoms with E-state index in [1.807, 2.05) is 0 Å². The topological polar surface area (TPSA) is 3.24 Å². The van der Waals surface area contributed by atoms with Crippen LogP contribution in [-0.4, -0.2) is 0 Å². The minimum Gasteiger partial charge on any atom is -0.310 e. The average molecular weight is 876 g/mol. The number of para-hydroxylation sites is 1. The number of benzene rings is 9. The van der Waals surface area contributed by atoms with Crippen LogP contribution in [0, 0.1) is 0 Å². The lowest BCUT2D eigenvalue weighted by Gasteiger charge is -2.42. The second-order valence-corrected chi connectivity index (χ2v) is 21.3. The monoisotopic (exact) mass is 875 g/mol. The molecule has 0 radical (unpaired) electrons. The Morgan fingerprint density at radius 3 is 1.51 bits per heavy atom. The van der Waals surface area contributed by atoms with Crippen LogP contribution in [0.2, 0.25) is 0 Å². The van der Waals surface area contributed by atoms with Crippen LogP contribution in [0.1, 0.15) is 97.9 Å². The normalized spacial score (nSPS) is 16.2. The fourth-order valence-corrected chi connectivity index (χ4v) is 13.0. The van der Waals surface area contributed by atoms with Crippen LogP contribution in [0.25, 0.3) is 55.6 Å². The van der Waals surface area contributed by atoms with Crippen LogP contribution in [0.4, 0.5) is 17.1 Å². The average Bonchev–Trinajstić information content (AvgIpc) is 3.85. The summed E-state index contributed by atoms with van der Waals surface area (Å²) in [4.78, 5) is 2.52. The van der Waals surface area contributed by atoms with Crippen molar-refractivity contribution in [1.29, 1.82) is 0 Å². The number of fused-ring (bicyclic) bond motifs is 12. The van der Waals surface area contributed by atoms with Gasteiger partial charge in [0, 0.05) is 16.9 Å². The number of nitrogens with zero attached hydrogens (tertiary/aromatic N) is 1. The molecule has 0 amide bonds. The van der Waals surface area contributed by atoms with Gasteiger partial charge in [0.05, 0.1) is 11.1 Å². The third kappa shape index (κ3) is 6.14. The molecular formula is C67H57N. The fraction of sp³-hybridized carbons (Fsp3) is 0.194. The van der Waals surface area contributed by atoms with Crippen LogP contribution in [0.3, 0.4) is 0 Å². The Morgan fingerprint density at radius 1 is 0.338 bits per heavy atom. The van der Waals surface area contributed by atoms with E-state index in [1.54, 1.807) is 0 Å². The highest BCUT2D eigenvalue weighted by atomic mass is 15.1. The van der Waals surface area contributed by atoms with Crippen molar-refractivity contribution >= 4 is 17.1 Å². The van der Waals surface area contributed by atoms with Crippen LogP contribution in [0.15, 0.2) is 200 Å². The first kappa shape index (κ1) is 41.0. The van der Waals surface area contributed by atoms with Crippen molar-refractivity contribution < 1.29 is 0 Å². The predicted octanol–water partition coefficient (Wildman–Crippen LogP) is 17.7. The van der Waals surface area contributed by atoms with Crippen molar-refractivity contribution in [2.45, 2.75) is 82.5 Å². The van der Waals surface area contributed by atoms with Crippen LogP contribution in [0.5, 0.6) is 0 Å². The predicted molar refractivity (Wildman–Crippen MR) is 286 cm³/mol. The van der Waals surface area contributed by atoms with E-state index < -0.39 is 5.41 Å². The Morgan fingerprint density at radius 2 is 0.853 bits per heavy atom. The lowest BCUT2D eigenvalue weighted by atomic mass is 9.63. The molecule has 0 saturated heterocycles. The quantitative estimate of drug-likeness (QED) is 0.161. The van der Waals surface area contributed by atoms with Gasteiger partial charge < -0.3 is 4.90 Å². The molecule has 4 aliphatic rings. The van der Waals surface area contributed by atoms with Crippen molar-refractivity contribution in [3.05, 3.63) is 245 Å². The van der Waals surface area contributed by atoms with Crippen molar-refractivity contribution in [3.8, 4) is 55.6 Å². The van der Waals surface area contributed by atoms with Crippen LogP contribution in [-0.2, 0) is 29.1 Å². The summed E-state index contributed by atoms with van der Waals surface area (Å²) in [5.74, 6) is 0. The molecule has 13 rings (SSSR count). The Labute approximate surface area is 402 Å². The van der Waals surface area contributed by atoms with E-state index in [1.165, 1.54) is 138 Å². The van der Waals surface area contributed by atoms with E-state index >= 15 is 0 Å². The molecular weight excluding hydrogens is 819 g/mol. The third-order valence-corrected chi connectivity index (χ3v) is 16.6. The molecule has 1 spiro atoms. The van der Waals surface area contributed by atoms with E-state index in [-0.39, 0.29) is 10.8 Å². The number of aryl methyl sites for hydroxylation is 1. The summed E-state index contributed by atoms with van der Waals surface area (Å²) in [5, 5.41) is 0. The lowest BCUT2D eigenvalue weighted by molar-refractivity contribution is 0.332. The summed E-state index contributed by atoms with van der Waals surface area (Å²) in [6.45, 7) is 9.67. The molecule has 1 heteroatoms. The number of rotatable bonds is 6. The van der Waals surface area contributed by atoms with Gasteiger partial charge in [-0.25, -0.2) is 0 Å². The summed E-state index contributed by atoms with van der Waals surface area (Å²) in [5.41, 5.74) is 27.6. The SMILES string of the molecule is CC1(C)CCC(C)(C)c2cc(-c3ccc(N(c4ccccc4)c4cc5c(cc4-c4ccc(-c6cccc7c6CCCC7)cc4)-c4ccccc4C54c5ccccc5-c5ccccc54)cc3)ccc21. The maximum atomic E-state index is 2.57. The molecule has 0 heterocycles. The molecule has 0 bridgehead atoms. The van der Waals surface area contributed by atoms with E-state index in [2.05, 4.69) is 233 Å². The zero-order chi connectivity index (χ0) is 45.8. The number of hydrogen-bond donors (Lipinski definition) is 0. The second-order valence-electron chi connectivity index (χ2n) is 21.3. The van der Waals surface area contributed by atoms with Gasteiger partial charge in [-0.2, -0.15) is 0 Å². The minimum absolute atomic E-state index is 0.144. The van der Waals surface area contributed by atoms with Crippen molar-refractivity contribution in [3.63, 3.8) is 0 Å². The van der Waals surface area contributed by atoms with Gasteiger partial charge in [-0.1, -0.05) is 191 Å². The van der Waals surface area contributed by atoms with E-state index in [9.17, 15) is 0 Å². The molecule has 0 aromatic heterocycles. The largest absolute Gasteiger partial charge is 0.310 e. The van der Waals surface area contributed by atoms with Crippen molar-refractivity contribution in [2.24, 2.45) is 0 Å². The van der Waals surface area contributed by atoms with Gasteiger partial charge in [0.1, 0.15) is 0 Å². The zero-order valence-electron chi connectivity index (χ0n) is 39.7.